The normalized spacial score (nSPS) is 27.5. The minimum atomic E-state index is -1.47. The molecule has 1 aliphatic heterocycles. The molecular weight excluding hydrogens is 364 g/mol. The van der Waals surface area contributed by atoms with Crippen molar-refractivity contribution in [3.05, 3.63) is 34.4 Å². The molecule has 2 rings (SSSR count). The third-order valence-electron chi connectivity index (χ3n) is 3.82. The smallest absolute Gasteiger partial charge is 0.302 e. The molecule has 5 atom stereocenters. The van der Waals surface area contributed by atoms with Gasteiger partial charge in [-0.3, -0.25) is 19.7 Å². The fourth-order valence-corrected chi connectivity index (χ4v) is 2.54. The van der Waals surface area contributed by atoms with Crippen molar-refractivity contribution < 1.29 is 38.9 Å². The van der Waals surface area contributed by atoms with E-state index >= 15 is 0 Å². The molecule has 0 spiro atoms. The molecule has 11 heteroatoms. The first-order valence-electron chi connectivity index (χ1n) is 8.02. The van der Waals surface area contributed by atoms with Crippen molar-refractivity contribution in [2.24, 2.45) is 0 Å². The summed E-state index contributed by atoms with van der Waals surface area (Å²) < 4.78 is 15.9. The number of nitrogens with zero attached hydrogens (tertiary/aromatic N) is 1. The van der Waals surface area contributed by atoms with E-state index in [0.717, 1.165) is 0 Å². The number of aliphatic hydroxyl groups is 2. The molecule has 27 heavy (non-hydrogen) atoms. The van der Waals surface area contributed by atoms with Crippen LogP contribution in [0.3, 0.4) is 0 Å². The van der Waals surface area contributed by atoms with Gasteiger partial charge in [-0.15, -0.1) is 0 Å². The molecule has 1 amide bonds. The van der Waals surface area contributed by atoms with Crippen molar-refractivity contribution in [3.63, 3.8) is 0 Å². The van der Waals surface area contributed by atoms with Crippen LogP contribution in [0, 0.1) is 10.1 Å². The number of benzene rings is 1. The van der Waals surface area contributed by atoms with Gasteiger partial charge < -0.3 is 29.7 Å². The van der Waals surface area contributed by atoms with Gasteiger partial charge in [-0.05, 0) is 12.1 Å². The summed E-state index contributed by atoms with van der Waals surface area (Å²) in [6.07, 6.45) is -5.25. The van der Waals surface area contributed by atoms with Crippen molar-refractivity contribution >= 4 is 17.6 Å². The zero-order valence-corrected chi connectivity index (χ0v) is 14.6. The fraction of sp³-hybridized carbons (Fsp3) is 0.500. The molecule has 1 saturated heterocycles. The average molecular weight is 384 g/mol. The number of nitro groups is 1. The highest BCUT2D eigenvalue weighted by molar-refractivity contribution is 5.73. The predicted molar refractivity (Wildman–Crippen MR) is 88.6 cm³/mol. The van der Waals surface area contributed by atoms with Gasteiger partial charge >= 0.3 is 5.97 Å². The van der Waals surface area contributed by atoms with Crippen LogP contribution < -0.4 is 10.1 Å². The lowest BCUT2D eigenvalue weighted by atomic mass is 9.97. The summed E-state index contributed by atoms with van der Waals surface area (Å²) in [5.74, 6) is -0.918. The second kappa shape index (κ2) is 8.75. The van der Waals surface area contributed by atoms with Crippen LogP contribution in [-0.4, -0.2) is 64.3 Å². The minimum Gasteiger partial charge on any atom is -0.463 e. The number of amides is 1. The molecule has 0 bridgehead atoms. The number of hydrogen-bond donors (Lipinski definition) is 3. The molecule has 0 aliphatic carbocycles. The number of carbonyl (C=O) groups excluding carboxylic acids is 2. The summed E-state index contributed by atoms with van der Waals surface area (Å²) in [5, 5.41) is 33.6. The van der Waals surface area contributed by atoms with Gasteiger partial charge in [0.25, 0.3) is 5.69 Å². The molecule has 1 fully saturated rings. The Morgan fingerprint density at radius 2 is 1.85 bits per heavy atom. The first kappa shape index (κ1) is 20.6. The van der Waals surface area contributed by atoms with Gasteiger partial charge in [-0.2, -0.15) is 0 Å². The minimum absolute atomic E-state index is 0.145. The summed E-state index contributed by atoms with van der Waals surface area (Å²) in [6, 6.07) is 3.96. The Balaban J connectivity index is 2.19. The van der Waals surface area contributed by atoms with E-state index in [9.17, 15) is 29.9 Å². The third kappa shape index (κ3) is 5.36. The molecule has 1 aliphatic rings. The largest absolute Gasteiger partial charge is 0.463 e. The summed E-state index contributed by atoms with van der Waals surface area (Å²) in [5.41, 5.74) is -0.145. The molecule has 11 nitrogen and oxygen atoms in total. The van der Waals surface area contributed by atoms with Crippen molar-refractivity contribution in [2.45, 2.75) is 44.5 Å². The fourth-order valence-electron chi connectivity index (χ4n) is 2.54. The number of rotatable bonds is 6. The number of hydrogen-bond acceptors (Lipinski definition) is 9. The maximum atomic E-state index is 11.4. The predicted octanol–water partition coefficient (Wildman–Crippen LogP) is -0.512. The van der Waals surface area contributed by atoms with Crippen LogP contribution in [0.4, 0.5) is 5.69 Å². The van der Waals surface area contributed by atoms with Gasteiger partial charge in [-0.1, -0.05) is 0 Å². The quantitative estimate of drug-likeness (QED) is 0.334. The molecule has 0 saturated carbocycles. The standard InChI is InChI=1S/C16H20N2O9/c1-8(19)17-13-15(22)14(21)12(7-25-9(2)20)27-16(13)26-11-5-3-10(4-6-11)18(23)24/h3-6,12-16,21-22H,7H2,1-2H3,(H,17,19)/t12-,13-,14-,15-,16-/m1/s1. The zero-order valence-electron chi connectivity index (χ0n) is 14.6. The van der Waals surface area contributed by atoms with E-state index in [1.165, 1.54) is 38.1 Å². The highest BCUT2D eigenvalue weighted by Crippen LogP contribution is 2.26. The highest BCUT2D eigenvalue weighted by Gasteiger charge is 2.46. The van der Waals surface area contributed by atoms with Gasteiger partial charge in [0, 0.05) is 26.0 Å². The lowest BCUT2D eigenvalue weighted by molar-refractivity contribution is -0.384. The number of ether oxygens (including phenoxy) is 3. The van der Waals surface area contributed by atoms with Crippen molar-refractivity contribution in [1.29, 1.82) is 0 Å². The summed E-state index contributed by atoms with van der Waals surface area (Å²) in [7, 11) is 0. The van der Waals surface area contributed by atoms with E-state index in [-0.39, 0.29) is 18.0 Å². The molecule has 3 N–H and O–H groups in total. The van der Waals surface area contributed by atoms with Crippen molar-refractivity contribution in [2.75, 3.05) is 6.61 Å². The van der Waals surface area contributed by atoms with E-state index in [1.54, 1.807) is 0 Å². The van der Waals surface area contributed by atoms with E-state index in [0.29, 0.717) is 0 Å². The van der Waals surface area contributed by atoms with Gasteiger partial charge in [0.2, 0.25) is 12.2 Å². The average Bonchev–Trinajstić information content (AvgIpc) is 2.60. The molecule has 1 heterocycles. The first-order valence-corrected chi connectivity index (χ1v) is 8.02. The van der Waals surface area contributed by atoms with E-state index in [1.807, 2.05) is 0 Å². The lowest BCUT2D eigenvalue weighted by Gasteiger charge is -2.42. The van der Waals surface area contributed by atoms with Crippen LogP contribution in [0.25, 0.3) is 0 Å². The van der Waals surface area contributed by atoms with Crippen LogP contribution in [-0.2, 0) is 19.1 Å². The van der Waals surface area contributed by atoms with Crippen LogP contribution in [0.15, 0.2) is 24.3 Å². The van der Waals surface area contributed by atoms with E-state index in [4.69, 9.17) is 14.2 Å². The highest BCUT2D eigenvalue weighted by atomic mass is 16.7. The second-order valence-electron chi connectivity index (χ2n) is 5.92. The third-order valence-corrected chi connectivity index (χ3v) is 3.82. The summed E-state index contributed by atoms with van der Waals surface area (Å²) in [4.78, 5) is 32.5. The molecule has 148 valence electrons. The van der Waals surface area contributed by atoms with Gasteiger partial charge in [0.1, 0.15) is 36.7 Å². The van der Waals surface area contributed by atoms with Gasteiger partial charge in [0.05, 0.1) is 4.92 Å². The molecule has 0 aromatic heterocycles. The number of nitrogens with one attached hydrogen (secondary N) is 1. The maximum absolute atomic E-state index is 11.4. The summed E-state index contributed by atoms with van der Waals surface area (Å²) >= 11 is 0. The Kier molecular flexibility index (Phi) is 6.66. The molecule has 0 radical (unpaired) electrons. The molecule has 0 unspecified atom stereocenters. The van der Waals surface area contributed by atoms with E-state index in [2.05, 4.69) is 5.32 Å². The SMILES string of the molecule is CC(=O)N[C@H]1[C@H](Oc2ccc([N+](=O)[O-])cc2)O[C@H](COC(C)=O)[C@@H](O)[C@@H]1O. The summed E-state index contributed by atoms with van der Waals surface area (Å²) in [6.45, 7) is 2.06. The van der Waals surface area contributed by atoms with Crippen LogP contribution >= 0.6 is 0 Å². The van der Waals surface area contributed by atoms with Crippen molar-refractivity contribution in [1.82, 2.24) is 5.32 Å². The Morgan fingerprint density at radius 3 is 2.37 bits per heavy atom. The first-order chi connectivity index (χ1) is 12.7. The van der Waals surface area contributed by atoms with Crippen molar-refractivity contribution in [3.8, 4) is 5.75 Å². The Morgan fingerprint density at radius 1 is 1.22 bits per heavy atom. The second-order valence-corrected chi connectivity index (χ2v) is 5.92. The maximum Gasteiger partial charge on any atom is 0.302 e. The van der Waals surface area contributed by atoms with Gasteiger partial charge in [0.15, 0.2) is 0 Å². The number of aliphatic hydroxyl groups excluding tert-OH is 2. The van der Waals surface area contributed by atoms with Crippen LogP contribution in [0.2, 0.25) is 0 Å². The molecular formula is C16H20N2O9. The Hall–Kier alpha value is -2.76. The molecule has 1 aromatic rings. The Labute approximate surface area is 154 Å². The lowest BCUT2D eigenvalue weighted by Crippen LogP contribution is -2.65. The number of esters is 1. The number of nitro benzene ring substituents is 1. The topological polar surface area (TPSA) is 157 Å². The van der Waals surface area contributed by atoms with E-state index < -0.39 is 47.4 Å². The monoisotopic (exact) mass is 384 g/mol. The Bertz CT molecular complexity index is 692. The van der Waals surface area contributed by atoms with Gasteiger partial charge in [-0.25, -0.2) is 0 Å². The number of carbonyl (C=O) groups is 2. The van der Waals surface area contributed by atoms with Crippen LogP contribution in [0.5, 0.6) is 5.75 Å². The number of non-ortho nitro benzene ring substituents is 1. The van der Waals surface area contributed by atoms with Crippen LogP contribution in [0.1, 0.15) is 13.8 Å². The molecule has 1 aromatic carbocycles. The zero-order chi connectivity index (χ0) is 20.1.